The van der Waals surface area contributed by atoms with Crippen LogP contribution in [0.15, 0.2) is 33.7 Å². The van der Waals surface area contributed by atoms with Crippen molar-refractivity contribution in [2.75, 3.05) is 16.4 Å². The molecule has 0 bridgehead atoms. The van der Waals surface area contributed by atoms with Gasteiger partial charge in [0.05, 0.1) is 17.5 Å². The Morgan fingerprint density at radius 2 is 2.05 bits per heavy atom. The minimum Gasteiger partial charge on any atom is -0.316 e. The van der Waals surface area contributed by atoms with Crippen molar-refractivity contribution in [3.63, 3.8) is 0 Å². The van der Waals surface area contributed by atoms with Crippen LogP contribution in [-0.2, 0) is 14.6 Å². The van der Waals surface area contributed by atoms with Gasteiger partial charge in [-0.2, -0.15) is 4.99 Å². The molecule has 0 N–H and O–H groups in total. The second-order valence-electron chi connectivity index (χ2n) is 5.29. The Morgan fingerprint density at radius 3 is 2.68 bits per heavy atom. The van der Waals surface area contributed by atoms with Gasteiger partial charge >= 0.3 is 0 Å². The molecule has 1 amide bonds. The molecule has 118 valence electrons. The molecule has 1 aromatic carbocycles. The van der Waals surface area contributed by atoms with E-state index in [0.717, 1.165) is 10.2 Å². The van der Waals surface area contributed by atoms with Crippen molar-refractivity contribution < 1.29 is 13.2 Å². The number of fused-ring (bicyclic) bond motifs is 1. The van der Waals surface area contributed by atoms with E-state index in [2.05, 4.69) is 20.9 Å². The molecule has 0 spiro atoms. The maximum atomic E-state index is 11.9. The highest BCUT2D eigenvalue weighted by molar-refractivity contribution is 9.10. The SMILES string of the molecule is CCC(=O)N=C1SC2CS(=O)(=O)CC2N1c1ccc(Br)cc1. The van der Waals surface area contributed by atoms with Crippen LogP contribution in [0.5, 0.6) is 0 Å². The van der Waals surface area contributed by atoms with Gasteiger partial charge in [0.25, 0.3) is 0 Å². The average Bonchev–Trinajstić information content (AvgIpc) is 2.91. The van der Waals surface area contributed by atoms with E-state index in [1.165, 1.54) is 11.8 Å². The molecule has 2 saturated heterocycles. The van der Waals surface area contributed by atoms with E-state index in [1.54, 1.807) is 6.92 Å². The monoisotopic (exact) mass is 402 g/mol. The standard InChI is InChI=1S/C14H15BrN2O3S2/c1-2-13(18)16-14-17(10-5-3-9(15)4-6-10)11-7-22(19,20)8-12(11)21-14/h3-6,11-12H,2,7-8H2,1H3. The first-order chi connectivity index (χ1) is 10.4. The third kappa shape index (κ3) is 3.09. The molecule has 2 aliphatic heterocycles. The number of aliphatic imine (C=N–C) groups is 1. The summed E-state index contributed by atoms with van der Waals surface area (Å²) in [6.07, 6.45) is 0.339. The van der Waals surface area contributed by atoms with Gasteiger partial charge in [-0.25, -0.2) is 8.42 Å². The molecule has 5 nitrogen and oxygen atoms in total. The average molecular weight is 403 g/mol. The number of anilines is 1. The highest BCUT2D eigenvalue weighted by Crippen LogP contribution is 2.41. The summed E-state index contributed by atoms with van der Waals surface area (Å²) in [5, 5.41) is 0.552. The lowest BCUT2D eigenvalue weighted by Crippen LogP contribution is -2.37. The van der Waals surface area contributed by atoms with Crippen molar-refractivity contribution in [2.45, 2.75) is 24.6 Å². The van der Waals surface area contributed by atoms with E-state index in [4.69, 9.17) is 0 Å². The Morgan fingerprint density at radius 1 is 1.36 bits per heavy atom. The van der Waals surface area contributed by atoms with Crippen LogP contribution in [0.25, 0.3) is 0 Å². The van der Waals surface area contributed by atoms with Crippen LogP contribution < -0.4 is 4.90 Å². The van der Waals surface area contributed by atoms with E-state index in [0.29, 0.717) is 11.6 Å². The molecule has 0 aliphatic carbocycles. The largest absolute Gasteiger partial charge is 0.316 e. The summed E-state index contributed by atoms with van der Waals surface area (Å²) in [7, 11) is -3.02. The minimum atomic E-state index is -3.02. The van der Waals surface area contributed by atoms with E-state index >= 15 is 0 Å². The van der Waals surface area contributed by atoms with Gasteiger partial charge in [-0.3, -0.25) is 4.79 Å². The first kappa shape index (κ1) is 16.0. The molecular formula is C14H15BrN2O3S2. The Labute approximate surface area is 142 Å². The van der Waals surface area contributed by atoms with Crippen molar-refractivity contribution in [1.29, 1.82) is 0 Å². The van der Waals surface area contributed by atoms with Gasteiger partial charge in [0.15, 0.2) is 15.0 Å². The van der Waals surface area contributed by atoms with Crippen molar-refractivity contribution in [1.82, 2.24) is 0 Å². The quantitative estimate of drug-likeness (QED) is 0.759. The van der Waals surface area contributed by atoms with E-state index in [1.807, 2.05) is 29.2 Å². The summed E-state index contributed by atoms with van der Waals surface area (Å²) in [6, 6.07) is 7.46. The molecule has 0 aromatic heterocycles. The summed E-state index contributed by atoms with van der Waals surface area (Å²) in [5.41, 5.74) is 0.864. The number of rotatable bonds is 2. The first-order valence-corrected chi connectivity index (χ1v) is 10.4. The van der Waals surface area contributed by atoms with Crippen LogP contribution in [0.4, 0.5) is 5.69 Å². The molecule has 22 heavy (non-hydrogen) atoms. The molecule has 2 fully saturated rings. The fraction of sp³-hybridized carbons (Fsp3) is 0.429. The highest BCUT2D eigenvalue weighted by Gasteiger charge is 2.49. The second-order valence-corrected chi connectivity index (χ2v) is 9.56. The number of amidine groups is 1. The highest BCUT2D eigenvalue weighted by atomic mass is 79.9. The predicted molar refractivity (Wildman–Crippen MR) is 93.2 cm³/mol. The number of benzene rings is 1. The van der Waals surface area contributed by atoms with E-state index in [-0.39, 0.29) is 28.7 Å². The van der Waals surface area contributed by atoms with Crippen molar-refractivity contribution >= 4 is 54.3 Å². The fourth-order valence-electron chi connectivity index (χ4n) is 2.65. The van der Waals surface area contributed by atoms with Crippen LogP contribution in [0, 0.1) is 0 Å². The number of carbonyl (C=O) groups is 1. The van der Waals surface area contributed by atoms with Gasteiger partial charge in [0, 0.05) is 21.8 Å². The molecule has 2 unspecified atom stereocenters. The molecule has 0 saturated carbocycles. The molecule has 1 aromatic rings. The summed E-state index contributed by atoms with van der Waals surface area (Å²) >= 11 is 4.79. The number of sulfone groups is 1. The van der Waals surface area contributed by atoms with Crippen LogP contribution in [-0.4, -0.2) is 42.3 Å². The van der Waals surface area contributed by atoms with Gasteiger partial charge in [0.2, 0.25) is 5.91 Å². The summed E-state index contributed by atoms with van der Waals surface area (Å²) in [6.45, 7) is 1.77. The zero-order chi connectivity index (χ0) is 15.9. The number of thioether (sulfide) groups is 1. The van der Waals surface area contributed by atoms with Crippen LogP contribution >= 0.6 is 27.7 Å². The summed E-state index contributed by atoms with van der Waals surface area (Å²) in [5.74, 6) is 0.0711. The predicted octanol–water partition coefficient (Wildman–Crippen LogP) is 2.46. The van der Waals surface area contributed by atoms with Crippen LogP contribution in [0.3, 0.4) is 0 Å². The van der Waals surface area contributed by atoms with Crippen molar-refractivity contribution in [2.24, 2.45) is 4.99 Å². The Balaban J connectivity index is 2.01. The number of carbonyl (C=O) groups excluding carboxylic acids is 1. The fourth-order valence-corrected chi connectivity index (χ4v) is 6.85. The normalized spacial score (nSPS) is 28.1. The van der Waals surface area contributed by atoms with Gasteiger partial charge in [0.1, 0.15) is 0 Å². The lowest BCUT2D eigenvalue weighted by atomic mass is 10.2. The molecule has 0 radical (unpaired) electrons. The first-order valence-electron chi connectivity index (χ1n) is 6.93. The molecule has 8 heteroatoms. The number of halogens is 1. The van der Waals surface area contributed by atoms with Crippen LogP contribution in [0.2, 0.25) is 0 Å². The minimum absolute atomic E-state index is 0.0583. The van der Waals surface area contributed by atoms with Crippen LogP contribution in [0.1, 0.15) is 13.3 Å². The van der Waals surface area contributed by atoms with Gasteiger partial charge < -0.3 is 4.90 Å². The molecule has 2 atom stereocenters. The maximum Gasteiger partial charge on any atom is 0.247 e. The third-order valence-corrected chi connectivity index (χ3v) is 7.43. The molecule has 3 rings (SSSR count). The summed E-state index contributed by atoms with van der Waals surface area (Å²) in [4.78, 5) is 17.8. The topological polar surface area (TPSA) is 66.8 Å². The molecular weight excluding hydrogens is 388 g/mol. The number of nitrogens with zero attached hydrogens (tertiary/aromatic N) is 2. The van der Waals surface area contributed by atoms with Gasteiger partial charge in [-0.05, 0) is 24.3 Å². The second kappa shape index (κ2) is 5.98. The van der Waals surface area contributed by atoms with E-state index < -0.39 is 9.84 Å². The molecule has 2 aliphatic rings. The number of hydrogen-bond acceptors (Lipinski definition) is 4. The third-order valence-electron chi connectivity index (χ3n) is 3.69. The summed E-state index contributed by atoms with van der Waals surface area (Å²) < 4.78 is 24.8. The number of hydrogen-bond donors (Lipinski definition) is 0. The zero-order valence-electron chi connectivity index (χ0n) is 11.9. The van der Waals surface area contributed by atoms with Crippen molar-refractivity contribution in [3.05, 3.63) is 28.7 Å². The maximum absolute atomic E-state index is 11.9. The van der Waals surface area contributed by atoms with E-state index in [9.17, 15) is 13.2 Å². The van der Waals surface area contributed by atoms with Crippen molar-refractivity contribution in [3.8, 4) is 0 Å². The zero-order valence-corrected chi connectivity index (χ0v) is 15.1. The molecule has 2 heterocycles. The Bertz CT molecular complexity index is 731. The van der Waals surface area contributed by atoms with Gasteiger partial charge in [-0.1, -0.05) is 34.6 Å². The number of amides is 1. The Hall–Kier alpha value is -0.860. The van der Waals surface area contributed by atoms with Gasteiger partial charge in [-0.15, -0.1) is 0 Å². The lowest BCUT2D eigenvalue weighted by molar-refractivity contribution is -0.117. The Kier molecular flexibility index (Phi) is 4.35. The smallest absolute Gasteiger partial charge is 0.247 e. The lowest BCUT2D eigenvalue weighted by Gasteiger charge is -2.24.